The lowest BCUT2D eigenvalue weighted by molar-refractivity contribution is 0.100. The normalized spacial score (nSPS) is 13.3. The summed E-state index contributed by atoms with van der Waals surface area (Å²) in [5, 5.41) is 5.88. The third-order valence-corrected chi connectivity index (χ3v) is 3.85. The van der Waals surface area contributed by atoms with Crippen molar-refractivity contribution in [3.63, 3.8) is 0 Å². The van der Waals surface area contributed by atoms with E-state index in [9.17, 15) is 4.79 Å². The van der Waals surface area contributed by atoms with Gasteiger partial charge in [-0.1, -0.05) is 0 Å². The number of carbonyl (C=O) groups excluding carboxylic acids is 1. The maximum atomic E-state index is 11.9. The van der Waals surface area contributed by atoms with E-state index < -0.39 is 0 Å². The lowest BCUT2D eigenvalue weighted by Gasteiger charge is -2.10. The molecule has 1 aliphatic heterocycles. The minimum absolute atomic E-state index is 0.0670. The number of ketones is 1. The van der Waals surface area contributed by atoms with E-state index in [0.29, 0.717) is 36.5 Å². The molecule has 6 nitrogen and oxygen atoms in total. The molecule has 0 amide bonds. The predicted octanol–water partition coefficient (Wildman–Crippen LogP) is 2.55. The molecular weight excluding hydrogens is 288 g/mol. The predicted molar refractivity (Wildman–Crippen MR) is 82.8 cm³/mol. The van der Waals surface area contributed by atoms with Gasteiger partial charge in [-0.2, -0.15) is 0 Å². The molecule has 1 aliphatic rings. The Morgan fingerprint density at radius 1 is 1.48 bits per heavy atom. The van der Waals surface area contributed by atoms with Crippen molar-refractivity contribution in [3.8, 4) is 11.4 Å². The Morgan fingerprint density at radius 2 is 2.38 bits per heavy atom. The van der Waals surface area contributed by atoms with Crippen molar-refractivity contribution in [3.05, 3.63) is 23.2 Å². The Bertz CT molecular complexity index is 696. The fraction of sp³-hybridized carbons (Fsp3) is 0.286. The molecular formula is C14H14N4O2S. The summed E-state index contributed by atoms with van der Waals surface area (Å²) in [4.78, 5) is 25.0. The van der Waals surface area contributed by atoms with Crippen molar-refractivity contribution in [2.75, 3.05) is 25.6 Å². The van der Waals surface area contributed by atoms with Crippen LogP contribution in [-0.4, -0.2) is 42.2 Å². The van der Waals surface area contributed by atoms with Crippen LogP contribution in [0.15, 0.2) is 22.6 Å². The minimum atomic E-state index is 0.0670. The van der Waals surface area contributed by atoms with E-state index in [2.05, 4.69) is 20.3 Å². The van der Waals surface area contributed by atoms with Crippen LogP contribution in [0.3, 0.4) is 0 Å². The van der Waals surface area contributed by atoms with Gasteiger partial charge < -0.3 is 10.1 Å². The summed E-state index contributed by atoms with van der Waals surface area (Å²) in [6.07, 6.45) is 3.60. The lowest BCUT2D eigenvalue weighted by Crippen LogP contribution is -2.07. The summed E-state index contributed by atoms with van der Waals surface area (Å²) in [5.74, 6) is 0.0670. The zero-order chi connectivity index (χ0) is 14.7. The highest BCUT2D eigenvalue weighted by Gasteiger charge is 2.20. The number of rotatable bonds is 5. The number of carbonyl (C=O) groups is 1. The Labute approximate surface area is 125 Å². The summed E-state index contributed by atoms with van der Waals surface area (Å²) in [6.45, 7) is 1.31. The molecule has 0 bridgehead atoms. The number of thiazole rings is 1. The van der Waals surface area contributed by atoms with Crippen molar-refractivity contribution >= 4 is 34.2 Å². The number of anilines is 1. The molecule has 0 aromatic carbocycles. The summed E-state index contributed by atoms with van der Waals surface area (Å²) in [6, 6.07) is 1.71. The molecule has 3 rings (SSSR count). The second-order valence-corrected chi connectivity index (χ2v) is 5.31. The Morgan fingerprint density at radius 3 is 3.24 bits per heavy atom. The molecule has 0 atom stereocenters. The third-order valence-electron chi connectivity index (χ3n) is 3.05. The largest absolute Gasteiger partial charge is 0.383 e. The Kier molecular flexibility index (Phi) is 4.03. The van der Waals surface area contributed by atoms with Crippen LogP contribution in [0.1, 0.15) is 16.8 Å². The van der Waals surface area contributed by atoms with E-state index in [-0.39, 0.29) is 5.78 Å². The van der Waals surface area contributed by atoms with Gasteiger partial charge in [-0.25, -0.2) is 4.98 Å². The van der Waals surface area contributed by atoms with Gasteiger partial charge in [-0.05, 0) is 6.07 Å². The fourth-order valence-corrected chi connectivity index (χ4v) is 2.77. The molecule has 2 aromatic rings. The lowest BCUT2D eigenvalue weighted by atomic mass is 10.0. The van der Waals surface area contributed by atoms with Gasteiger partial charge in [-0.3, -0.25) is 14.8 Å². The number of aliphatic imine (C=N–C) groups is 1. The van der Waals surface area contributed by atoms with Gasteiger partial charge in [0.1, 0.15) is 17.1 Å². The van der Waals surface area contributed by atoms with Crippen molar-refractivity contribution < 1.29 is 9.53 Å². The third kappa shape index (κ3) is 2.84. The van der Waals surface area contributed by atoms with Crippen LogP contribution in [0, 0.1) is 0 Å². The number of ether oxygens (including phenoxy) is 1. The molecule has 1 N–H and O–H groups in total. The average molecular weight is 302 g/mol. The molecule has 108 valence electrons. The van der Waals surface area contributed by atoms with E-state index in [1.165, 1.54) is 11.3 Å². The van der Waals surface area contributed by atoms with E-state index in [0.717, 1.165) is 10.8 Å². The molecule has 0 unspecified atom stereocenters. The molecule has 2 aromatic heterocycles. The smallest absolute Gasteiger partial charge is 0.183 e. The standard InChI is InChI=1S/C14H14N4O2S/c1-20-7-6-17-14-18-10(8-21-14)13-12-9(2-4-16-13)11(19)3-5-15-12/h2,4-5,8H,3,6-7H2,1H3,(H,17,18). The van der Waals surface area contributed by atoms with Gasteiger partial charge in [0.2, 0.25) is 0 Å². The number of nitrogens with zero attached hydrogens (tertiary/aromatic N) is 3. The molecule has 21 heavy (non-hydrogen) atoms. The van der Waals surface area contributed by atoms with Gasteiger partial charge >= 0.3 is 0 Å². The van der Waals surface area contributed by atoms with Crippen molar-refractivity contribution in [2.24, 2.45) is 4.99 Å². The molecule has 0 spiro atoms. The van der Waals surface area contributed by atoms with Gasteiger partial charge in [0.25, 0.3) is 0 Å². The molecule has 0 saturated heterocycles. The van der Waals surface area contributed by atoms with E-state index in [4.69, 9.17) is 4.74 Å². The zero-order valence-electron chi connectivity index (χ0n) is 11.5. The number of nitrogens with one attached hydrogen (secondary N) is 1. The average Bonchev–Trinajstić information content (AvgIpc) is 2.96. The highest BCUT2D eigenvalue weighted by Crippen LogP contribution is 2.35. The quantitative estimate of drug-likeness (QED) is 0.859. The maximum absolute atomic E-state index is 11.9. The second-order valence-electron chi connectivity index (χ2n) is 4.45. The molecule has 0 fully saturated rings. The topological polar surface area (TPSA) is 76.5 Å². The first-order valence-corrected chi connectivity index (χ1v) is 7.41. The number of aromatic nitrogens is 2. The zero-order valence-corrected chi connectivity index (χ0v) is 12.3. The molecule has 7 heteroatoms. The highest BCUT2D eigenvalue weighted by molar-refractivity contribution is 7.14. The van der Waals surface area contributed by atoms with Crippen LogP contribution < -0.4 is 5.32 Å². The van der Waals surface area contributed by atoms with Gasteiger partial charge in [0, 0.05) is 43.4 Å². The summed E-state index contributed by atoms with van der Waals surface area (Å²) in [5.41, 5.74) is 2.60. The van der Waals surface area contributed by atoms with E-state index >= 15 is 0 Å². The highest BCUT2D eigenvalue weighted by atomic mass is 32.1. The van der Waals surface area contributed by atoms with Crippen LogP contribution in [-0.2, 0) is 4.74 Å². The first-order chi connectivity index (χ1) is 10.3. The number of hydrogen-bond acceptors (Lipinski definition) is 7. The molecule has 0 aliphatic carbocycles. The van der Waals surface area contributed by atoms with Crippen LogP contribution in [0.5, 0.6) is 0 Å². The van der Waals surface area contributed by atoms with Crippen LogP contribution >= 0.6 is 11.3 Å². The van der Waals surface area contributed by atoms with E-state index in [1.54, 1.807) is 25.6 Å². The van der Waals surface area contributed by atoms with Crippen molar-refractivity contribution in [1.82, 2.24) is 9.97 Å². The van der Waals surface area contributed by atoms with Crippen LogP contribution in [0.4, 0.5) is 10.8 Å². The van der Waals surface area contributed by atoms with Gasteiger partial charge in [0.15, 0.2) is 10.9 Å². The number of hydrogen-bond donors (Lipinski definition) is 1. The number of methoxy groups -OCH3 is 1. The van der Waals surface area contributed by atoms with Gasteiger partial charge in [0.05, 0.1) is 6.61 Å². The molecule has 0 radical (unpaired) electrons. The van der Waals surface area contributed by atoms with Crippen LogP contribution in [0.25, 0.3) is 11.4 Å². The first kappa shape index (κ1) is 13.8. The summed E-state index contributed by atoms with van der Waals surface area (Å²) < 4.78 is 4.99. The maximum Gasteiger partial charge on any atom is 0.183 e. The Hall–Kier alpha value is -2.12. The van der Waals surface area contributed by atoms with E-state index in [1.807, 2.05) is 5.38 Å². The SMILES string of the molecule is COCCNc1nc(-c2nccc3c2N=CCC3=O)cs1. The van der Waals surface area contributed by atoms with Crippen LogP contribution in [0.2, 0.25) is 0 Å². The number of Topliss-reactive ketones (excluding diaryl/α,β-unsaturated/α-hetero) is 1. The number of pyridine rings is 1. The second kappa shape index (κ2) is 6.11. The monoisotopic (exact) mass is 302 g/mol. The van der Waals surface area contributed by atoms with Crippen molar-refractivity contribution in [1.29, 1.82) is 0 Å². The molecule has 0 saturated carbocycles. The Balaban J connectivity index is 1.90. The fourth-order valence-electron chi connectivity index (χ4n) is 2.05. The first-order valence-electron chi connectivity index (χ1n) is 6.53. The number of fused-ring (bicyclic) bond motifs is 1. The van der Waals surface area contributed by atoms with Gasteiger partial charge in [-0.15, -0.1) is 11.3 Å². The summed E-state index contributed by atoms with van der Waals surface area (Å²) >= 11 is 1.49. The summed E-state index contributed by atoms with van der Waals surface area (Å²) in [7, 11) is 1.66. The van der Waals surface area contributed by atoms with Crippen molar-refractivity contribution in [2.45, 2.75) is 6.42 Å². The molecule has 3 heterocycles. The minimum Gasteiger partial charge on any atom is -0.383 e.